The van der Waals surface area contributed by atoms with Crippen LogP contribution in [0.25, 0.3) is 10.7 Å². The molecule has 1 aliphatic carbocycles. The molecule has 150 valence electrons. The number of hydrogen-bond acceptors (Lipinski definition) is 8. The van der Waals surface area contributed by atoms with Crippen molar-refractivity contribution >= 4 is 23.1 Å². The van der Waals surface area contributed by atoms with Gasteiger partial charge in [-0.3, -0.25) is 4.98 Å². The number of carboxylic acids is 1. The lowest BCUT2D eigenvalue weighted by Gasteiger charge is -2.41. The number of aromatic nitrogens is 4. The van der Waals surface area contributed by atoms with Gasteiger partial charge in [-0.15, -0.1) is 21.5 Å². The third-order valence-electron chi connectivity index (χ3n) is 5.05. The monoisotopic (exact) mass is 415 g/mol. The van der Waals surface area contributed by atoms with Crippen molar-refractivity contribution in [3.8, 4) is 16.6 Å². The molecule has 1 fully saturated rings. The van der Waals surface area contributed by atoms with Crippen LogP contribution in [0.1, 0.15) is 34.6 Å². The number of rotatable bonds is 7. The SMILES string of the molecule is COc1nc(-c2ccc(NCC3(c4ncccc4F)CCC3)nn2)sc1C(=O)O. The number of halogens is 1. The van der Waals surface area contributed by atoms with Crippen molar-refractivity contribution in [2.45, 2.75) is 24.7 Å². The van der Waals surface area contributed by atoms with Gasteiger partial charge < -0.3 is 15.2 Å². The Hall–Kier alpha value is -3.14. The van der Waals surface area contributed by atoms with E-state index in [2.05, 4.69) is 25.5 Å². The van der Waals surface area contributed by atoms with E-state index < -0.39 is 5.97 Å². The molecule has 29 heavy (non-hydrogen) atoms. The fourth-order valence-corrected chi connectivity index (χ4v) is 4.21. The molecule has 0 saturated heterocycles. The molecule has 1 aliphatic rings. The topological polar surface area (TPSA) is 110 Å². The first-order valence-electron chi connectivity index (χ1n) is 8.99. The molecule has 1 saturated carbocycles. The van der Waals surface area contributed by atoms with E-state index in [4.69, 9.17) is 4.74 Å². The van der Waals surface area contributed by atoms with Gasteiger partial charge in [-0.1, -0.05) is 6.42 Å². The van der Waals surface area contributed by atoms with Gasteiger partial charge in [0.2, 0.25) is 5.88 Å². The van der Waals surface area contributed by atoms with Crippen molar-refractivity contribution in [3.63, 3.8) is 0 Å². The lowest BCUT2D eigenvalue weighted by Crippen LogP contribution is -2.42. The summed E-state index contributed by atoms with van der Waals surface area (Å²) in [6.45, 7) is 0.503. The third-order valence-corrected chi connectivity index (χ3v) is 6.09. The summed E-state index contributed by atoms with van der Waals surface area (Å²) in [6.07, 6.45) is 4.35. The quantitative estimate of drug-likeness (QED) is 0.604. The largest absolute Gasteiger partial charge is 0.480 e. The molecule has 4 rings (SSSR count). The average Bonchev–Trinajstić information content (AvgIpc) is 3.14. The van der Waals surface area contributed by atoms with Crippen molar-refractivity contribution in [2.75, 3.05) is 19.0 Å². The molecule has 0 aromatic carbocycles. The number of anilines is 1. The number of thiazole rings is 1. The first-order valence-corrected chi connectivity index (χ1v) is 9.81. The second-order valence-electron chi connectivity index (χ2n) is 6.79. The number of nitrogens with one attached hydrogen (secondary N) is 1. The van der Waals surface area contributed by atoms with Crippen LogP contribution >= 0.6 is 11.3 Å². The van der Waals surface area contributed by atoms with Crippen LogP contribution in [-0.4, -0.2) is 44.9 Å². The Morgan fingerprint density at radius 2 is 2.17 bits per heavy atom. The maximum absolute atomic E-state index is 14.2. The molecule has 0 amide bonds. The second-order valence-corrected chi connectivity index (χ2v) is 7.79. The molecule has 3 heterocycles. The van der Waals surface area contributed by atoms with Crippen molar-refractivity contribution in [2.24, 2.45) is 0 Å². The van der Waals surface area contributed by atoms with E-state index in [-0.39, 0.29) is 22.0 Å². The van der Waals surface area contributed by atoms with E-state index in [1.165, 1.54) is 13.2 Å². The summed E-state index contributed by atoms with van der Waals surface area (Å²) in [7, 11) is 1.37. The first-order chi connectivity index (χ1) is 14.0. The Morgan fingerprint density at radius 3 is 2.72 bits per heavy atom. The van der Waals surface area contributed by atoms with Crippen molar-refractivity contribution in [1.82, 2.24) is 20.2 Å². The number of nitrogens with zero attached hydrogens (tertiary/aromatic N) is 4. The van der Waals surface area contributed by atoms with E-state index >= 15 is 0 Å². The number of carbonyl (C=O) groups is 1. The molecule has 2 N–H and O–H groups in total. The molecular formula is C19H18FN5O3S. The Morgan fingerprint density at radius 1 is 1.34 bits per heavy atom. The molecule has 0 radical (unpaired) electrons. The summed E-state index contributed by atoms with van der Waals surface area (Å²) in [5, 5.41) is 21.1. The molecule has 10 heteroatoms. The highest BCUT2D eigenvalue weighted by Gasteiger charge is 2.41. The van der Waals surface area contributed by atoms with Gasteiger partial charge in [-0.25, -0.2) is 9.18 Å². The van der Waals surface area contributed by atoms with Crippen LogP contribution in [-0.2, 0) is 5.41 Å². The molecular weight excluding hydrogens is 397 g/mol. The predicted molar refractivity (Wildman–Crippen MR) is 105 cm³/mol. The van der Waals surface area contributed by atoms with Gasteiger partial charge in [0.15, 0.2) is 4.88 Å². The minimum absolute atomic E-state index is 0.0100. The van der Waals surface area contributed by atoms with Gasteiger partial charge in [-0.2, -0.15) is 4.98 Å². The maximum Gasteiger partial charge on any atom is 0.351 e. The predicted octanol–water partition coefficient (Wildman–Crippen LogP) is 3.37. The van der Waals surface area contributed by atoms with E-state index in [9.17, 15) is 14.3 Å². The number of pyridine rings is 1. The van der Waals surface area contributed by atoms with Gasteiger partial charge in [0.1, 0.15) is 22.3 Å². The smallest absolute Gasteiger partial charge is 0.351 e. The average molecular weight is 415 g/mol. The van der Waals surface area contributed by atoms with Gasteiger partial charge in [0.25, 0.3) is 0 Å². The highest BCUT2D eigenvalue weighted by molar-refractivity contribution is 7.17. The zero-order valence-corrected chi connectivity index (χ0v) is 16.4. The van der Waals surface area contributed by atoms with Gasteiger partial charge in [-0.05, 0) is 37.1 Å². The number of aromatic carboxylic acids is 1. The zero-order valence-electron chi connectivity index (χ0n) is 15.6. The third kappa shape index (κ3) is 3.63. The minimum Gasteiger partial charge on any atom is -0.480 e. The summed E-state index contributed by atoms with van der Waals surface area (Å²) in [4.78, 5) is 19.7. The number of ether oxygens (including phenoxy) is 1. The van der Waals surface area contributed by atoms with Crippen molar-refractivity contribution in [1.29, 1.82) is 0 Å². The van der Waals surface area contributed by atoms with Crippen molar-refractivity contribution in [3.05, 3.63) is 46.9 Å². The molecule has 0 spiro atoms. The highest BCUT2D eigenvalue weighted by atomic mass is 32.1. The van der Waals surface area contributed by atoms with Crippen LogP contribution < -0.4 is 10.1 Å². The standard InChI is InChI=1S/C19H18FN5O3S/c1-28-16-14(18(26)27)29-17(23-16)12-5-6-13(25-24-12)22-10-19(7-3-8-19)15-11(20)4-2-9-21-15/h2,4-6,9H,3,7-8,10H2,1H3,(H,22,25)(H,26,27). The number of hydrogen-bond donors (Lipinski definition) is 2. The molecule has 3 aromatic heterocycles. The van der Waals surface area contributed by atoms with E-state index in [1.807, 2.05) is 0 Å². The maximum atomic E-state index is 14.2. The molecule has 0 atom stereocenters. The fourth-order valence-electron chi connectivity index (χ4n) is 3.37. The normalized spacial score (nSPS) is 14.8. The van der Waals surface area contributed by atoms with Gasteiger partial charge in [0.05, 0.1) is 12.8 Å². The Labute approximate surface area is 169 Å². The molecule has 3 aromatic rings. The summed E-state index contributed by atoms with van der Waals surface area (Å²) in [5.41, 5.74) is 0.588. The molecule has 0 unspecified atom stereocenters. The summed E-state index contributed by atoms with van der Waals surface area (Å²) in [6, 6.07) is 6.46. The van der Waals surface area contributed by atoms with Crippen LogP contribution in [0.2, 0.25) is 0 Å². The number of methoxy groups -OCH3 is 1. The van der Waals surface area contributed by atoms with Gasteiger partial charge >= 0.3 is 5.97 Å². The Kier molecular flexibility index (Phi) is 5.10. The summed E-state index contributed by atoms with van der Waals surface area (Å²) >= 11 is 0.972. The van der Waals surface area contributed by atoms with Gasteiger partial charge in [0, 0.05) is 18.2 Å². The minimum atomic E-state index is -1.11. The zero-order chi connectivity index (χ0) is 20.4. The fraction of sp³-hybridized carbons (Fsp3) is 0.316. The van der Waals surface area contributed by atoms with E-state index in [1.54, 1.807) is 24.4 Å². The lowest BCUT2D eigenvalue weighted by molar-refractivity contribution is 0.0698. The molecule has 0 bridgehead atoms. The van der Waals surface area contributed by atoms with E-state index in [0.717, 1.165) is 30.6 Å². The number of carboxylic acid groups (broad SMARTS) is 1. The Bertz CT molecular complexity index is 1040. The lowest BCUT2D eigenvalue weighted by atomic mass is 9.66. The van der Waals surface area contributed by atoms with E-state index in [0.29, 0.717) is 28.8 Å². The van der Waals surface area contributed by atoms with Crippen LogP contribution in [0.5, 0.6) is 5.88 Å². The second kappa shape index (κ2) is 7.70. The summed E-state index contributed by atoms with van der Waals surface area (Å²) in [5.74, 6) is -0.809. The molecule has 8 nitrogen and oxygen atoms in total. The van der Waals surface area contributed by atoms with Crippen molar-refractivity contribution < 1.29 is 19.0 Å². The highest BCUT2D eigenvalue weighted by Crippen LogP contribution is 2.43. The first kappa shape index (κ1) is 19.2. The van der Waals surface area contributed by atoms with Crippen LogP contribution in [0, 0.1) is 5.82 Å². The molecule has 0 aliphatic heterocycles. The summed E-state index contributed by atoms with van der Waals surface area (Å²) < 4.78 is 19.2. The van der Waals surface area contributed by atoms with Crippen LogP contribution in [0.4, 0.5) is 10.2 Å². The van der Waals surface area contributed by atoms with Crippen LogP contribution in [0.3, 0.4) is 0 Å². The van der Waals surface area contributed by atoms with Crippen LogP contribution in [0.15, 0.2) is 30.5 Å². The Balaban J connectivity index is 1.49.